The van der Waals surface area contributed by atoms with Crippen LogP contribution in [0, 0.1) is 0 Å². The number of thioether (sulfide) groups is 1. The summed E-state index contributed by atoms with van der Waals surface area (Å²) in [6.45, 7) is 0. The highest BCUT2D eigenvalue weighted by Crippen LogP contribution is 2.44. The molecule has 25 heavy (non-hydrogen) atoms. The second-order valence-electron chi connectivity index (χ2n) is 5.56. The Morgan fingerprint density at radius 1 is 0.960 bits per heavy atom. The average molecular weight is 349 g/mol. The fraction of sp³-hybridized carbons (Fsp3) is 0.105. The van der Waals surface area contributed by atoms with Crippen LogP contribution in [0.25, 0.3) is 0 Å². The number of benzene rings is 2. The molecule has 0 unspecified atom stereocenters. The van der Waals surface area contributed by atoms with E-state index < -0.39 is 5.92 Å². The standard InChI is InChI=1S/C19H15N3O2S/c1-25-17-11-10-16(21-22-17)20-19(23)18-12-6-2-4-8-14(12)24-15-9-5-3-7-13(15)18/h2-11,18H,1H3,(H,20,21,23). The predicted octanol–water partition coefficient (Wildman–Crippen LogP) is 4.07. The largest absolute Gasteiger partial charge is 0.457 e. The zero-order chi connectivity index (χ0) is 17.2. The van der Waals surface area contributed by atoms with Crippen molar-refractivity contribution in [1.82, 2.24) is 10.2 Å². The normalized spacial score (nSPS) is 12.7. The van der Waals surface area contributed by atoms with E-state index in [0.29, 0.717) is 17.3 Å². The maximum atomic E-state index is 13.0. The number of rotatable bonds is 3. The van der Waals surface area contributed by atoms with Gasteiger partial charge in [0.2, 0.25) is 5.91 Å². The third kappa shape index (κ3) is 2.96. The fourth-order valence-electron chi connectivity index (χ4n) is 2.89. The minimum atomic E-state index is -0.455. The second kappa shape index (κ2) is 6.57. The second-order valence-corrected chi connectivity index (χ2v) is 6.39. The Kier molecular flexibility index (Phi) is 4.11. The molecule has 1 aromatic heterocycles. The van der Waals surface area contributed by atoms with E-state index in [1.807, 2.05) is 60.9 Å². The van der Waals surface area contributed by atoms with Crippen LogP contribution in [0.15, 0.2) is 65.7 Å². The van der Waals surface area contributed by atoms with Crippen molar-refractivity contribution in [2.45, 2.75) is 10.9 Å². The smallest absolute Gasteiger partial charge is 0.237 e. The summed E-state index contributed by atoms with van der Waals surface area (Å²) < 4.78 is 5.93. The Labute approximate surface area is 149 Å². The number of fused-ring (bicyclic) bond motifs is 2. The van der Waals surface area contributed by atoms with Gasteiger partial charge in [-0.2, -0.15) is 0 Å². The van der Waals surface area contributed by atoms with Gasteiger partial charge in [0.25, 0.3) is 0 Å². The molecule has 4 rings (SSSR count). The monoisotopic (exact) mass is 349 g/mol. The highest BCUT2D eigenvalue weighted by molar-refractivity contribution is 7.98. The lowest BCUT2D eigenvalue weighted by molar-refractivity contribution is -0.116. The molecule has 0 spiro atoms. The van der Waals surface area contributed by atoms with E-state index in [4.69, 9.17) is 4.74 Å². The average Bonchev–Trinajstić information content (AvgIpc) is 2.66. The first kappa shape index (κ1) is 15.7. The molecule has 0 aliphatic carbocycles. The summed E-state index contributed by atoms with van der Waals surface area (Å²) in [5, 5.41) is 11.8. The maximum Gasteiger partial charge on any atom is 0.237 e. The summed E-state index contributed by atoms with van der Waals surface area (Å²) in [7, 11) is 0. The lowest BCUT2D eigenvalue weighted by Crippen LogP contribution is -2.25. The van der Waals surface area contributed by atoms with Crippen molar-refractivity contribution in [2.24, 2.45) is 0 Å². The Balaban J connectivity index is 1.70. The van der Waals surface area contributed by atoms with Crippen LogP contribution in [0.3, 0.4) is 0 Å². The molecule has 1 aliphatic heterocycles. The van der Waals surface area contributed by atoms with Crippen LogP contribution in [0.4, 0.5) is 5.82 Å². The molecule has 1 aliphatic rings. The van der Waals surface area contributed by atoms with E-state index in [2.05, 4.69) is 15.5 Å². The molecular weight excluding hydrogens is 334 g/mol. The topological polar surface area (TPSA) is 64.1 Å². The van der Waals surface area contributed by atoms with Crippen molar-refractivity contribution in [2.75, 3.05) is 11.6 Å². The number of carbonyl (C=O) groups excluding carboxylic acids is 1. The van der Waals surface area contributed by atoms with E-state index in [-0.39, 0.29) is 5.91 Å². The van der Waals surface area contributed by atoms with Gasteiger partial charge in [-0.1, -0.05) is 36.4 Å². The number of hydrogen-bond donors (Lipinski definition) is 1. The quantitative estimate of drug-likeness (QED) is 0.722. The van der Waals surface area contributed by atoms with Crippen LogP contribution < -0.4 is 10.1 Å². The van der Waals surface area contributed by atoms with Gasteiger partial charge in [-0.05, 0) is 30.5 Å². The van der Waals surface area contributed by atoms with E-state index in [9.17, 15) is 4.79 Å². The zero-order valence-corrected chi connectivity index (χ0v) is 14.3. The van der Waals surface area contributed by atoms with E-state index in [1.165, 1.54) is 11.8 Å². The summed E-state index contributed by atoms with van der Waals surface area (Å²) in [6, 6.07) is 18.8. The first-order chi connectivity index (χ1) is 12.3. The van der Waals surface area contributed by atoms with Crippen LogP contribution in [-0.2, 0) is 4.79 Å². The number of aromatic nitrogens is 2. The Hall–Kier alpha value is -2.86. The van der Waals surface area contributed by atoms with Crippen molar-refractivity contribution >= 4 is 23.5 Å². The van der Waals surface area contributed by atoms with E-state index in [1.54, 1.807) is 6.07 Å². The summed E-state index contributed by atoms with van der Waals surface area (Å²) in [4.78, 5) is 13.0. The number of para-hydroxylation sites is 2. The van der Waals surface area contributed by atoms with Crippen LogP contribution in [0.2, 0.25) is 0 Å². The number of carbonyl (C=O) groups is 1. The number of hydrogen-bond acceptors (Lipinski definition) is 5. The zero-order valence-electron chi connectivity index (χ0n) is 13.5. The Morgan fingerprint density at radius 3 is 2.16 bits per heavy atom. The molecule has 2 heterocycles. The molecule has 0 atom stereocenters. The van der Waals surface area contributed by atoms with Crippen molar-refractivity contribution < 1.29 is 9.53 Å². The maximum absolute atomic E-state index is 13.0. The predicted molar refractivity (Wildman–Crippen MR) is 97.2 cm³/mol. The minimum absolute atomic E-state index is 0.158. The molecule has 0 saturated carbocycles. The van der Waals surface area contributed by atoms with Gasteiger partial charge in [-0.15, -0.1) is 22.0 Å². The highest BCUT2D eigenvalue weighted by Gasteiger charge is 2.32. The Bertz CT molecular complexity index is 882. The first-order valence-corrected chi connectivity index (χ1v) is 9.03. The number of nitrogens with zero attached hydrogens (tertiary/aromatic N) is 2. The third-order valence-electron chi connectivity index (χ3n) is 4.04. The third-order valence-corrected chi connectivity index (χ3v) is 4.68. The van der Waals surface area contributed by atoms with Gasteiger partial charge in [-0.25, -0.2) is 0 Å². The van der Waals surface area contributed by atoms with Gasteiger partial charge in [0.1, 0.15) is 16.5 Å². The van der Waals surface area contributed by atoms with Gasteiger partial charge in [-0.3, -0.25) is 4.79 Å². The number of ether oxygens (including phenoxy) is 1. The molecular formula is C19H15N3O2S. The number of nitrogens with one attached hydrogen (secondary N) is 1. The van der Waals surface area contributed by atoms with Crippen LogP contribution >= 0.6 is 11.8 Å². The molecule has 5 nitrogen and oxygen atoms in total. The molecule has 3 aromatic rings. The fourth-order valence-corrected chi connectivity index (χ4v) is 3.21. The molecule has 2 aromatic carbocycles. The molecule has 1 N–H and O–H groups in total. The van der Waals surface area contributed by atoms with Crippen LogP contribution in [-0.4, -0.2) is 22.4 Å². The van der Waals surface area contributed by atoms with Gasteiger partial charge in [0, 0.05) is 11.1 Å². The SMILES string of the molecule is CSc1ccc(NC(=O)C2c3ccccc3Oc3ccccc32)nn1. The van der Waals surface area contributed by atoms with Gasteiger partial charge >= 0.3 is 0 Å². The van der Waals surface area contributed by atoms with Crippen molar-refractivity contribution in [3.63, 3.8) is 0 Å². The summed E-state index contributed by atoms with van der Waals surface area (Å²) >= 11 is 1.50. The van der Waals surface area contributed by atoms with Gasteiger partial charge < -0.3 is 10.1 Å². The first-order valence-electron chi connectivity index (χ1n) is 7.80. The minimum Gasteiger partial charge on any atom is -0.457 e. The van der Waals surface area contributed by atoms with Crippen molar-refractivity contribution in [3.8, 4) is 11.5 Å². The van der Waals surface area contributed by atoms with E-state index >= 15 is 0 Å². The molecule has 1 amide bonds. The molecule has 6 heteroatoms. The van der Waals surface area contributed by atoms with Gasteiger partial charge in [0.05, 0.1) is 5.92 Å². The summed E-state index contributed by atoms with van der Waals surface area (Å²) in [5.74, 6) is 1.22. The lowest BCUT2D eigenvalue weighted by atomic mass is 9.87. The van der Waals surface area contributed by atoms with Crippen molar-refractivity contribution in [3.05, 3.63) is 71.8 Å². The number of amides is 1. The van der Waals surface area contributed by atoms with E-state index in [0.717, 1.165) is 16.2 Å². The Morgan fingerprint density at radius 2 is 1.60 bits per heavy atom. The molecule has 0 saturated heterocycles. The number of anilines is 1. The van der Waals surface area contributed by atoms with Crippen LogP contribution in [0.5, 0.6) is 11.5 Å². The van der Waals surface area contributed by atoms with Crippen LogP contribution in [0.1, 0.15) is 17.0 Å². The molecule has 0 bridgehead atoms. The molecule has 0 fully saturated rings. The molecule has 0 radical (unpaired) electrons. The summed E-state index contributed by atoms with van der Waals surface area (Å²) in [5.41, 5.74) is 1.68. The highest BCUT2D eigenvalue weighted by atomic mass is 32.2. The lowest BCUT2D eigenvalue weighted by Gasteiger charge is -2.27. The van der Waals surface area contributed by atoms with Crippen molar-refractivity contribution in [1.29, 1.82) is 0 Å². The molecule has 124 valence electrons. The summed E-state index contributed by atoms with van der Waals surface area (Å²) in [6.07, 6.45) is 1.93. The van der Waals surface area contributed by atoms with Gasteiger partial charge in [0.15, 0.2) is 5.82 Å².